The Hall–Kier alpha value is -1.75. The van der Waals surface area contributed by atoms with Crippen LogP contribution in [0.3, 0.4) is 0 Å². The fourth-order valence-electron chi connectivity index (χ4n) is 1.90. The van der Waals surface area contributed by atoms with Gasteiger partial charge in [-0.1, -0.05) is 32.0 Å². The van der Waals surface area contributed by atoms with Gasteiger partial charge in [-0.3, -0.25) is 0 Å². The fraction of sp³-hybridized carbons (Fsp3) is 0.462. The monoisotopic (exact) mass is 245 g/mol. The van der Waals surface area contributed by atoms with E-state index in [4.69, 9.17) is 0 Å². The molecule has 1 N–H and O–H groups in total. The van der Waals surface area contributed by atoms with Crippen LogP contribution < -0.4 is 5.32 Å². The molecule has 0 aliphatic heterocycles. The van der Waals surface area contributed by atoms with E-state index in [2.05, 4.69) is 46.8 Å². The maximum absolute atomic E-state index is 4.09. The molecule has 0 saturated carbocycles. The summed E-state index contributed by atoms with van der Waals surface area (Å²) in [7, 11) is 0. The number of benzene rings is 1. The number of rotatable bonds is 6. The molecule has 0 fully saturated rings. The Morgan fingerprint density at radius 1 is 1.22 bits per heavy atom. The van der Waals surface area contributed by atoms with Crippen LogP contribution in [0.25, 0.3) is 5.69 Å². The molecular formula is C13H19N5. The summed E-state index contributed by atoms with van der Waals surface area (Å²) in [6, 6.07) is 8.22. The van der Waals surface area contributed by atoms with E-state index >= 15 is 0 Å². The van der Waals surface area contributed by atoms with E-state index in [9.17, 15) is 0 Å². The van der Waals surface area contributed by atoms with E-state index in [0.29, 0.717) is 6.54 Å². The first-order valence-electron chi connectivity index (χ1n) is 6.43. The lowest BCUT2D eigenvalue weighted by Crippen LogP contribution is -2.18. The summed E-state index contributed by atoms with van der Waals surface area (Å²) in [4.78, 5) is 0. The van der Waals surface area contributed by atoms with Gasteiger partial charge >= 0.3 is 0 Å². The molecule has 0 amide bonds. The summed E-state index contributed by atoms with van der Waals surface area (Å²) in [5.41, 5.74) is 2.32. The van der Waals surface area contributed by atoms with Crippen molar-refractivity contribution in [3.05, 3.63) is 35.7 Å². The number of nitrogens with one attached hydrogen (secondary N) is 1. The van der Waals surface area contributed by atoms with Gasteiger partial charge in [0.05, 0.1) is 12.2 Å². The molecule has 0 aliphatic rings. The fourth-order valence-corrected chi connectivity index (χ4v) is 1.90. The zero-order valence-electron chi connectivity index (χ0n) is 10.9. The van der Waals surface area contributed by atoms with Crippen LogP contribution in [0.5, 0.6) is 0 Å². The molecule has 1 heterocycles. The Morgan fingerprint density at radius 3 is 2.83 bits per heavy atom. The van der Waals surface area contributed by atoms with E-state index in [1.165, 1.54) is 5.56 Å². The standard InChI is InChI=1S/C13H19N5/c1-3-9-14-10-13-15-16-17-18(13)12-8-6-5-7-11(12)4-2/h5-8,14H,3-4,9-10H2,1-2H3. The third kappa shape index (κ3) is 2.73. The second-order valence-corrected chi connectivity index (χ2v) is 4.17. The van der Waals surface area contributed by atoms with Gasteiger partial charge in [-0.2, -0.15) is 4.68 Å². The minimum atomic E-state index is 0.693. The van der Waals surface area contributed by atoms with E-state index in [1.807, 2.05) is 16.8 Å². The Kier molecular flexibility index (Phi) is 4.41. The lowest BCUT2D eigenvalue weighted by molar-refractivity contribution is 0.631. The van der Waals surface area contributed by atoms with Crippen molar-refractivity contribution in [2.75, 3.05) is 6.54 Å². The van der Waals surface area contributed by atoms with Crippen LogP contribution in [-0.2, 0) is 13.0 Å². The van der Waals surface area contributed by atoms with Gasteiger partial charge in [-0.05, 0) is 41.4 Å². The molecule has 0 saturated heterocycles. The van der Waals surface area contributed by atoms with Crippen LogP contribution in [0, 0.1) is 0 Å². The molecule has 1 aromatic carbocycles. The first-order valence-corrected chi connectivity index (χ1v) is 6.43. The summed E-state index contributed by atoms with van der Waals surface area (Å²) in [5.74, 6) is 0.851. The number of para-hydroxylation sites is 1. The second-order valence-electron chi connectivity index (χ2n) is 4.17. The third-order valence-electron chi connectivity index (χ3n) is 2.84. The van der Waals surface area contributed by atoms with Crippen LogP contribution in [0.15, 0.2) is 24.3 Å². The largest absolute Gasteiger partial charge is 0.310 e. The van der Waals surface area contributed by atoms with Crippen molar-refractivity contribution in [3.8, 4) is 5.69 Å². The molecule has 1 aromatic heterocycles. The van der Waals surface area contributed by atoms with Gasteiger partial charge in [0.15, 0.2) is 5.82 Å². The van der Waals surface area contributed by atoms with Crippen molar-refractivity contribution in [2.45, 2.75) is 33.2 Å². The molecular weight excluding hydrogens is 226 g/mol. The molecule has 5 nitrogen and oxygen atoms in total. The highest BCUT2D eigenvalue weighted by molar-refractivity contribution is 5.40. The topological polar surface area (TPSA) is 55.6 Å². The number of aromatic nitrogens is 4. The minimum absolute atomic E-state index is 0.693. The highest BCUT2D eigenvalue weighted by atomic mass is 15.5. The molecule has 5 heteroatoms. The zero-order valence-corrected chi connectivity index (χ0v) is 10.9. The number of aryl methyl sites for hydroxylation is 1. The molecule has 96 valence electrons. The normalized spacial score (nSPS) is 10.8. The number of hydrogen-bond donors (Lipinski definition) is 1. The zero-order chi connectivity index (χ0) is 12.8. The van der Waals surface area contributed by atoms with E-state index in [0.717, 1.165) is 30.9 Å². The maximum Gasteiger partial charge on any atom is 0.170 e. The van der Waals surface area contributed by atoms with Crippen molar-refractivity contribution >= 4 is 0 Å². The highest BCUT2D eigenvalue weighted by Crippen LogP contribution is 2.14. The van der Waals surface area contributed by atoms with E-state index in [1.54, 1.807) is 0 Å². The summed E-state index contributed by atoms with van der Waals surface area (Å²) in [5, 5.41) is 15.3. The van der Waals surface area contributed by atoms with Gasteiger partial charge in [0.25, 0.3) is 0 Å². The quantitative estimate of drug-likeness (QED) is 0.787. The highest BCUT2D eigenvalue weighted by Gasteiger charge is 2.10. The Balaban J connectivity index is 2.25. The summed E-state index contributed by atoms with van der Waals surface area (Å²) in [6.45, 7) is 5.95. The molecule has 0 bridgehead atoms. The van der Waals surface area contributed by atoms with E-state index in [-0.39, 0.29) is 0 Å². The van der Waals surface area contributed by atoms with Crippen molar-refractivity contribution in [1.82, 2.24) is 25.5 Å². The first-order chi connectivity index (χ1) is 8.86. The smallest absolute Gasteiger partial charge is 0.170 e. The van der Waals surface area contributed by atoms with Gasteiger partial charge in [-0.15, -0.1) is 5.10 Å². The molecule has 0 unspecified atom stereocenters. The van der Waals surface area contributed by atoms with Crippen LogP contribution >= 0.6 is 0 Å². The van der Waals surface area contributed by atoms with E-state index < -0.39 is 0 Å². The Labute approximate surface area is 107 Å². The summed E-state index contributed by atoms with van der Waals surface area (Å²) in [6.07, 6.45) is 2.07. The average Bonchev–Trinajstić information content (AvgIpc) is 2.87. The molecule has 2 rings (SSSR count). The maximum atomic E-state index is 4.09. The second kappa shape index (κ2) is 6.26. The van der Waals surface area contributed by atoms with Crippen LogP contribution in [0.4, 0.5) is 0 Å². The Morgan fingerprint density at radius 2 is 2.06 bits per heavy atom. The van der Waals surface area contributed by atoms with Crippen molar-refractivity contribution < 1.29 is 0 Å². The van der Waals surface area contributed by atoms with Gasteiger partial charge < -0.3 is 5.32 Å². The molecule has 0 aliphatic carbocycles. The third-order valence-corrected chi connectivity index (χ3v) is 2.84. The summed E-state index contributed by atoms with van der Waals surface area (Å²) >= 11 is 0. The van der Waals surface area contributed by atoms with Crippen LogP contribution in [0.1, 0.15) is 31.7 Å². The number of hydrogen-bond acceptors (Lipinski definition) is 4. The van der Waals surface area contributed by atoms with Crippen LogP contribution in [0.2, 0.25) is 0 Å². The van der Waals surface area contributed by atoms with Gasteiger partial charge in [-0.25, -0.2) is 0 Å². The van der Waals surface area contributed by atoms with Gasteiger partial charge in [0.2, 0.25) is 0 Å². The average molecular weight is 245 g/mol. The van der Waals surface area contributed by atoms with Gasteiger partial charge in [0.1, 0.15) is 0 Å². The lowest BCUT2D eigenvalue weighted by Gasteiger charge is -2.09. The lowest BCUT2D eigenvalue weighted by atomic mass is 10.1. The predicted molar refractivity (Wildman–Crippen MR) is 70.5 cm³/mol. The van der Waals surface area contributed by atoms with Crippen molar-refractivity contribution in [1.29, 1.82) is 0 Å². The molecule has 0 atom stereocenters. The number of nitrogens with zero attached hydrogens (tertiary/aromatic N) is 4. The molecule has 0 spiro atoms. The predicted octanol–water partition coefficient (Wildman–Crippen LogP) is 1.72. The number of tetrazole rings is 1. The van der Waals surface area contributed by atoms with Crippen LogP contribution in [-0.4, -0.2) is 26.8 Å². The Bertz CT molecular complexity index is 492. The molecule has 2 aromatic rings. The van der Waals surface area contributed by atoms with Crippen molar-refractivity contribution in [2.24, 2.45) is 0 Å². The molecule has 18 heavy (non-hydrogen) atoms. The molecule has 0 radical (unpaired) electrons. The minimum Gasteiger partial charge on any atom is -0.310 e. The first kappa shape index (κ1) is 12.7. The summed E-state index contributed by atoms with van der Waals surface area (Å²) < 4.78 is 1.82. The van der Waals surface area contributed by atoms with Gasteiger partial charge in [0, 0.05) is 0 Å². The van der Waals surface area contributed by atoms with Crippen molar-refractivity contribution in [3.63, 3.8) is 0 Å². The SMILES string of the molecule is CCCNCc1nnnn1-c1ccccc1CC.